The third-order valence-electron chi connectivity index (χ3n) is 4.41. The number of nitrogens with zero attached hydrogens (tertiary/aromatic N) is 2. The molecule has 0 saturated heterocycles. The molecule has 4 heterocycles. The van der Waals surface area contributed by atoms with Crippen LogP contribution in [0.5, 0.6) is 0 Å². The van der Waals surface area contributed by atoms with Gasteiger partial charge in [0.05, 0.1) is 18.9 Å². The van der Waals surface area contributed by atoms with E-state index < -0.39 is 5.97 Å². The Kier molecular flexibility index (Phi) is 8.57. The van der Waals surface area contributed by atoms with Crippen molar-refractivity contribution in [1.82, 2.24) is 18.8 Å². The summed E-state index contributed by atoms with van der Waals surface area (Å²) in [6.07, 6.45) is 6.81. The molecule has 0 unspecified atom stereocenters. The predicted octanol–water partition coefficient (Wildman–Crippen LogP) is 2.81. The number of aryl methyl sites for hydroxylation is 2. The van der Waals surface area contributed by atoms with Crippen LogP contribution in [0, 0.1) is 13.8 Å². The summed E-state index contributed by atoms with van der Waals surface area (Å²) in [4.78, 5) is 39.7. The Hall–Kier alpha value is -3.59. The highest BCUT2D eigenvalue weighted by Gasteiger charge is 2.11. The average molecular weight is 431 g/mol. The van der Waals surface area contributed by atoms with Gasteiger partial charge in [-0.05, 0) is 44.0 Å². The number of aliphatic hydroxyl groups is 1. The Bertz CT molecular complexity index is 1290. The van der Waals surface area contributed by atoms with Gasteiger partial charge in [-0.3, -0.25) is 9.59 Å². The van der Waals surface area contributed by atoms with Gasteiger partial charge >= 0.3 is 5.97 Å². The van der Waals surface area contributed by atoms with E-state index in [2.05, 4.69) is 9.97 Å². The number of aromatic nitrogens is 4. The van der Waals surface area contributed by atoms with Gasteiger partial charge in [-0.1, -0.05) is 14.9 Å². The Morgan fingerprint density at radius 3 is 2.00 bits per heavy atom. The zero-order valence-electron chi connectivity index (χ0n) is 16.4. The van der Waals surface area contributed by atoms with E-state index >= 15 is 0 Å². The number of nitrogens with one attached hydrogen (secondary N) is 2. The van der Waals surface area contributed by atoms with Gasteiger partial charge in [0.1, 0.15) is 16.7 Å². The Labute approximate surface area is 179 Å². The Balaban J connectivity index is 0.000000296. The molecule has 0 bridgehead atoms. The topological polar surface area (TPSA) is 121 Å². The van der Waals surface area contributed by atoms with Crippen molar-refractivity contribution in [2.45, 2.75) is 42.2 Å². The minimum atomic E-state index is -0.521. The molecule has 0 aliphatic rings. The molecule has 0 saturated carbocycles. The van der Waals surface area contributed by atoms with Gasteiger partial charge in [0, 0.05) is 24.8 Å². The summed E-state index contributed by atoms with van der Waals surface area (Å²) in [5, 5.41) is 8.84. The van der Waals surface area contributed by atoms with Gasteiger partial charge in [0.25, 0.3) is 11.1 Å². The number of esters is 1. The van der Waals surface area contributed by atoms with E-state index in [9.17, 15) is 14.4 Å². The van der Waals surface area contributed by atoms with E-state index in [-0.39, 0.29) is 44.9 Å². The van der Waals surface area contributed by atoms with Crippen molar-refractivity contribution in [3.63, 3.8) is 0 Å². The number of carbonyl (C=O) groups excluding carboxylic acids is 1. The zero-order chi connectivity index (χ0) is 21.1. The number of hydrogen-bond donors (Lipinski definition) is 3. The van der Waals surface area contributed by atoms with Crippen LogP contribution in [0.1, 0.15) is 49.1 Å². The summed E-state index contributed by atoms with van der Waals surface area (Å²) in [7, 11) is 0. The van der Waals surface area contributed by atoms with Crippen LogP contribution in [0.15, 0.2) is 46.5 Å². The zero-order valence-corrected chi connectivity index (χ0v) is 16.4. The second kappa shape index (κ2) is 10.4. The van der Waals surface area contributed by atoms with E-state index in [1.807, 2.05) is 26.0 Å². The van der Waals surface area contributed by atoms with Gasteiger partial charge in [-0.2, -0.15) is 0 Å². The van der Waals surface area contributed by atoms with Gasteiger partial charge in [0.15, 0.2) is 0 Å². The smallest absolute Gasteiger partial charge is 0.356 e. The van der Waals surface area contributed by atoms with Crippen LogP contribution >= 0.6 is 0 Å². The summed E-state index contributed by atoms with van der Waals surface area (Å²) >= 11 is 0. The fraction of sp³-hybridized carbons (Fsp3) is 0.318. The molecule has 0 fully saturated rings. The Morgan fingerprint density at radius 1 is 0.968 bits per heavy atom. The van der Waals surface area contributed by atoms with Gasteiger partial charge in [-0.15, -0.1) is 0 Å². The molecule has 0 aliphatic heterocycles. The first-order valence-electron chi connectivity index (χ1n) is 9.03. The first-order valence-corrected chi connectivity index (χ1v) is 9.03. The fourth-order valence-corrected chi connectivity index (χ4v) is 3.06. The molecule has 0 aromatic carbocycles. The molecule has 3 N–H and O–H groups in total. The Morgan fingerprint density at radius 2 is 1.48 bits per heavy atom. The number of hydrogen-bond acceptors (Lipinski definition) is 5. The summed E-state index contributed by atoms with van der Waals surface area (Å²) in [5.74, 6) is -0.521. The molecule has 0 spiro atoms. The number of ether oxygens (including phenoxy) is 1. The predicted molar refractivity (Wildman–Crippen MR) is 121 cm³/mol. The third kappa shape index (κ3) is 5.13. The average Bonchev–Trinajstić information content (AvgIpc) is 3.25. The van der Waals surface area contributed by atoms with Gasteiger partial charge in [0.2, 0.25) is 0 Å². The lowest BCUT2D eigenvalue weighted by Gasteiger charge is -2.02. The molecule has 9 heteroatoms. The van der Waals surface area contributed by atoms with Crippen LogP contribution in [0.25, 0.3) is 11.0 Å². The molecule has 0 amide bonds. The van der Waals surface area contributed by atoms with Crippen molar-refractivity contribution in [2.24, 2.45) is 0 Å². The number of fused-ring (bicyclic) bond motifs is 2. The molecular weight excluding hydrogens is 400 g/mol. The largest absolute Gasteiger partial charge is 0.461 e. The van der Waals surface area contributed by atoms with E-state index in [1.165, 1.54) is 0 Å². The summed E-state index contributed by atoms with van der Waals surface area (Å²) in [5.41, 5.74) is 3.23. The number of aromatic amines is 2. The molecule has 0 radical (unpaired) electrons. The lowest BCUT2D eigenvalue weighted by atomic mass is 10.3. The van der Waals surface area contributed by atoms with Crippen molar-refractivity contribution in [1.29, 1.82) is 0 Å². The monoisotopic (exact) mass is 430 g/mol. The third-order valence-corrected chi connectivity index (χ3v) is 4.41. The van der Waals surface area contributed by atoms with E-state index in [4.69, 9.17) is 9.84 Å². The highest BCUT2D eigenvalue weighted by atomic mass is 16.5. The number of H-pyrrole nitrogens is 2. The van der Waals surface area contributed by atoms with Crippen LogP contribution in [0.4, 0.5) is 0 Å². The molecule has 4 aromatic heterocycles. The number of rotatable bonds is 3. The van der Waals surface area contributed by atoms with Crippen LogP contribution in [0.2, 0.25) is 0 Å². The SMILES string of the molecule is C.C.CCOC(=O)c1cn2ccc(C)c2c(=O)[nH]1.Cc1ccn2cc(CO)[nH]c(=O)c12. The lowest BCUT2D eigenvalue weighted by Crippen LogP contribution is -2.17. The standard InChI is InChI=1S/C11H12N2O3.C9H10N2O2.2CH4/c1-3-16-11(15)8-6-13-5-4-7(2)9(13)10(14)12-8;1-6-2-3-11-4-7(5-12)10-9(13)8(6)11;;/h4-6H,3H2,1-2H3,(H,12,14);2-4,12H,5H2,1H3,(H,10,13);2*1H4. The summed E-state index contributed by atoms with van der Waals surface area (Å²) < 4.78 is 8.16. The van der Waals surface area contributed by atoms with Crippen LogP contribution in [-0.4, -0.2) is 36.5 Å². The van der Waals surface area contributed by atoms with E-state index in [0.717, 1.165) is 11.1 Å². The molecule has 4 aromatic rings. The highest BCUT2D eigenvalue weighted by Crippen LogP contribution is 2.08. The minimum Gasteiger partial charge on any atom is -0.461 e. The molecule has 0 aliphatic carbocycles. The van der Waals surface area contributed by atoms with Gasteiger partial charge < -0.3 is 28.6 Å². The number of carbonyl (C=O) groups is 1. The van der Waals surface area contributed by atoms with Crippen molar-refractivity contribution in [3.8, 4) is 0 Å². The van der Waals surface area contributed by atoms with E-state index in [1.54, 1.807) is 40.5 Å². The van der Waals surface area contributed by atoms with Crippen molar-refractivity contribution in [2.75, 3.05) is 6.61 Å². The van der Waals surface area contributed by atoms with Crippen molar-refractivity contribution >= 4 is 17.0 Å². The minimum absolute atomic E-state index is 0. The normalized spacial score (nSPS) is 10.1. The van der Waals surface area contributed by atoms with E-state index in [0.29, 0.717) is 16.7 Å². The van der Waals surface area contributed by atoms with Crippen LogP contribution < -0.4 is 11.1 Å². The van der Waals surface area contributed by atoms with Crippen LogP contribution in [0.3, 0.4) is 0 Å². The highest BCUT2D eigenvalue weighted by molar-refractivity contribution is 5.87. The maximum absolute atomic E-state index is 11.7. The second-order valence-corrected chi connectivity index (χ2v) is 6.49. The van der Waals surface area contributed by atoms with Gasteiger partial charge in [-0.25, -0.2) is 4.79 Å². The molecule has 9 nitrogen and oxygen atoms in total. The summed E-state index contributed by atoms with van der Waals surface area (Å²) in [6.45, 7) is 5.57. The number of aliphatic hydroxyl groups excluding tert-OH is 1. The molecule has 0 atom stereocenters. The van der Waals surface area contributed by atoms with Crippen molar-refractivity contribution < 1.29 is 14.6 Å². The molecule has 31 heavy (non-hydrogen) atoms. The van der Waals surface area contributed by atoms with Crippen molar-refractivity contribution in [3.05, 3.63) is 80.1 Å². The maximum Gasteiger partial charge on any atom is 0.356 e. The first-order chi connectivity index (χ1) is 13.8. The molecule has 168 valence electrons. The second-order valence-electron chi connectivity index (χ2n) is 6.49. The van der Waals surface area contributed by atoms with Crippen LogP contribution in [-0.2, 0) is 11.3 Å². The summed E-state index contributed by atoms with van der Waals surface area (Å²) in [6, 6.07) is 3.69. The quantitative estimate of drug-likeness (QED) is 0.432. The molecular formula is C22H30N4O5. The first kappa shape index (κ1) is 25.4. The molecule has 4 rings (SSSR count). The lowest BCUT2D eigenvalue weighted by molar-refractivity contribution is 0.0518. The fourth-order valence-electron chi connectivity index (χ4n) is 3.06. The maximum atomic E-state index is 11.7.